The minimum absolute atomic E-state index is 0.156. The Hall–Kier alpha value is -3.81. The van der Waals surface area contributed by atoms with Crippen LogP contribution in [-0.2, 0) is 4.79 Å². The van der Waals surface area contributed by atoms with E-state index in [1.807, 2.05) is 54.4 Å². The summed E-state index contributed by atoms with van der Waals surface area (Å²) in [5, 5.41) is 6.11. The maximum Gasteiger partial charge on any atom is 0.247 e. The van der Waals surface area contributed by atoms with E-state index in [0.717, 1.165) is 11.4 Å². The van der Waals surface area contributed by atoms with Gasteiger partial charge < -0.3 is 25.0 Å². The second-order valence-corrected chi connectivity index (χ2v) is 6.54. The Morgan fingerprint density at radius 3 is 2.67 bits per heavy atom. The van der Waals surface area contributed by atoms with Crippen molar-refractivity contribution in [2.45, 2.75) is 12.5 Å². The molecule has 1 aromatic heterocycles. The number of carbonyl (C=O) groups excluding carboxylic acids is 1. The number of amides is 1. The van der Waals surface area contributed by atoms with Gasteiger partial charge in [-0.2, -0.15) is 4.98 Å². The number of ether oxygens (including phenoxy) is 2. The van der Waals surface area contributed by atoms with Gasteiger partial charge in [-0.3, -0.25) is 4.79 Å². The van der Waals surface area contributed by atoms with Gasteiger partial charge in [0.25, 0.3) is 0 Å². The maximum absolute atomic E-state index is 11.7. The molecule has 0 aliphatic heterocycles. The van der Waals surface area contributed by atoms with E-state index in [1.165, 1.54) is 6.08 Å². The highest BCUT2D eigenvalue weighted by molar-refractivity contribution is 5.88. The van der Waals surface area contributed by atoms with Crippen LogP contribution in [0.2, 0.25) is 0 Å². The zero-order valence-electron chi connectivity index (χ0n) is 17.3. The third-order valence-electron chi connectivity index (χ3n) is 4.62. The Balaban J connectivity index is 1.81. The van der Waals surface area contributed by atoms with E-state index in [9.17, 15) is 4.79 Å². The van der Waals surface area contributed by atoms with Crippen LogP contribution in [0.15, 0.2) is 67.0 Å². The molecule has 1 aromatic carbocycles. The fourth-order valence-electron chi connectivity index (χ4n) is 2.97. The predicted molar refractivity (Wildman–Crippen MR) is 117 cm³/mol. The first kappa shape index (κ1) is 20.9. The number of hydrogen-bond donors (Lipinski definition) is 2. The van der Waals surface area contributed by atoms with Crippen molar-refractivity contribution >= 4 is 23.4 Å². The van der Waals surface area contributed by atoms with Crippen molar-refractivity contribution in [3.8, 4) is 11.5 Å². The van der Waals surface area contributed by atoms with Gasteiger partial charge >= 0.3 is 0 Å². The van der Waals surface area contributed by atoms with Crippen LogP contribution in [0.4, 0.5) is 17.5 Å². The monoisotopic (exact) mass is 407 g/mol. The molecule has 30 heavy (non-hydrogen) atoms. The molecule has 1 aliphatic rings. The van der Waals surface area contributed by atoms with Crippen LogP contribution < -0.4 is 25.0 Å². The summed E-state index contributed by atoms with van der Waals surface area (Å²) in [6, 6.07) is 7.27. The number of hydrogen-bond acceptors (Lipinski definition) is 7. The van der Waals surface area contributed by atoms with Crippen molar-refractivity contribution in [2.75, 3.05) is 31.5 Å². The SMILES string of the molecule is C=CC(=O)NC1=CC=CCC1Nc1nccc(N(C)c2cc(OC)cc(OC)c2)n1. The van der Waals surface area contributed by atoms with Crippen molar-refractivity contribution in [3.05, 3.63) is 67.0 Å². The summed E-state index contributed by atoms with van der Waals surface area (Å²) in [4.78, 5) is 22.6. The Bertz CT molecular complexity index is 964. The van der Waals surface area contributed by atoms with Gasteiger partial charge in [-0.25, -0.2) is 4.98 Å². The molecular formula is C22H25N5O3. The number of rotatable bonds is 8. The zero-order valence-corrected chi connectivity index (χ0v) is 17.3. The van der Waals surface area contributed by atoms with Crippen molar-refractivity contribution < 1.29 is 14.3 Å². The highest BCUT2D eigenvalue weighted by Gasteiger charge is 2.18. The van der Waals surface area contributed by atoms with Crippen LogP contribution in [0.5, 0.6) is 11.5 Å². The average molecular weight is 407 g/mol. The smallest absolute Gasteiger partial charge is 0.247 e. The lowest BCUT2D eigenvalue weighted by Gasteiger charge is -2.24. The van der Waals surface area contributed by atoms with E-state index in [1.54, 1.807) is 20.4 Å². The van der Waals surface area contributed by atoms with Gasteiger partial charge in [-0.1, -0.05) is 18.7 Å². The summed E-state index contributed by atoms with van der Waals surface area (Å²) in [5.74, 6) is 2.25. The minimum atomic E-state index is -0.260. The molecule has 0 saturated heterocycles. The van der Waals surface area contributed by atoms with Gasteiger partial charge in [-0.15, -0.1) is 0 Å². The summed E-state index contributed by atoms with van der Waals surface area (Å²) in [5.41, 5.74) is 1.59. The first-order chi connectivity index (χ1) is 14.5. The summed E-state index contributed by atoms with van der Waals surface area (Å²) >= 11 is 0. The quantitative estimate of drug-likeness (QED) is 0.650. The Kier molecular flexibility index (Phi) is 6.69. The highest BCUT2D eigenvalue weighted by Crippen LogP contribution is 2.31. The molecule has 1 heterocycles. The molecule has 8 heteroatoms. The molecule has 0 spiro atoms. The Labute approximate surface area is 175 Å². The summed E-state index contributed by atoms with van der Waals surface area (Å²) < 4.78 is 10.7. The van der Waals surface area contributed by atoms with Crippen molar-refractivity contribution in [1.82, 2.24) is 15.3 Å². The van der Waals surface area contributed by atoms with Crippen molar-refractivity contribution in [3.63, 3.8) is 0 Å². The molecule has 0 saturated carbocycles. The van der Waals surface area contributed by atoms with E-state index < -0.39 is 0 Å². The number of allylic oxidation sites excluding steroid dienone is 2. The lowest BCUT2D eigenvalue weighted by atomic mass is 10.1. The van der Waals surface area contributed by atoms with E-state index in [4.69, 9.17) is 9.47 Å². The lowest BCUT2D eigenvalue weighted by Crippen LogP contribution is -2.34. The normalized spacial score (nSPS) is 15.0. The molecule has 1 atom stereocenters. The zero-order chi connectivity index (χ0) is 21.5. The number of anilines is 3. The summed E-state index contributed by atoms with van der Waals surface area (Å²) in [6.07, 6.45) is 9.38. The molecule has 3 rings (SSSR count). The summed E-state index contributed by atoms with van der Waals surface area (Å²) in [7, 11) is 5.12. The molecule has 8 nitrogen and oxygen atoms in total. The topological polar surface area (TPSA) is 88.6 Å². The first-order valence-corrected chi connectivity index (χ1v) is 9.40. The molecule has 0 fully saturated rings. The van der Waals surface area contributed by atoms with Gasteiger partial charge in [0.2, 0.25) is 11.9 Å². The van der Waals surface area contributed by atoms with E-state index >= 15 is 0 Å². The van der Waals surface area contributed by atoms with Gasteiger partial charge in [-0.05, 0) is 24.6 Å². The van der Waals surface area contributed by atoms with E-state index in [2.05, 4.69) is 27.2 Å². The largest absolute Gasteiger partial charge is 0.497 e. The number of carbonyl (C=O) groups is 1. The molecule has 1 unspecified atom stereocenters. The van der Waals surface area contributed by atoms with Gasteiger partial charge in [0.05, 0.1) is 20.3 Å². The van der Waals surface area contributed by atoms with Crippen LogP contribution >= 0.6 is 0 Å². The second-order valence-electron chi connectivity index (χ2n) is 6.54. The third-order valence-corrected chi connectivity index (χ3v) is 4.62. The Morgan fingerprint density at radius 1 is 1.27 bits per heavy atom. The molecule has 1 amide bonds. The number of nitrogens with zero attached hydrogens (tertiary/aromatic N) is 3. The van der Waals surface area contributed by atoms with Gasteiger partial charge in [0, 0.05) is 42.8 Å². The third kappa shape index (κ3) is 4.96. The van der Waals surface area contributed by atoms with Crippen LogP contribution in [0.1, 0.15) is 6.42 Å². The molecule has 0 bridgehead atoms. The lowest BCUT2D eigenvalue weighted by molar-refractivity contribution is -0.115. The predicted octanol–water partition coefficient (Wildman–Crippen LogP) is 3.19. The highest BCUT2D eigenvalue weighted by atomic mass is 16.5. The van der Waals surface area contributed by atoms with Crippen LogP contribution in [0.3, 0.4) is 0 Å². The van der Waals surface area contributed by atoms with Gasteiger partial charge in [0.1, 0.15) is 17.3 Å². The summed E-state index contributed by atoms with van der Waals surface area (Å²) in [6.45, 7) is 3.49. The second kappa shape index (κ2) is 9.60. The van der Waals surface area contributed by atoms with Crippen LogP contribution in [-0.4, -0.2) is 43.2 Å². The number of methoxy groups -OCH3 is 2. The molecule has 2 N–H and O–H groups in total. The molecule has 2 aromatic rings. The van der Waals surface area contributed by atoms with Crippen molar-refractivity contribution in [2.24, 2.45) is 0 Å². The minimum Gasteiger partial charge on any atom is -0.497 e. The maximum atomic E-state index is 11.7. The molecule has 1 aliphatic carbocycles. The standard InChI is InChI=1S/C22H25N5O3/c1-5-21(28)24-18-8-6-7-9-19(18)25-22-23-11-10-20(26-22)27(2)15-12-16(29-3)14-17(13-15)30-4/h5-8,10-14,19H,1,9H2,2-4H3,(H,24,28)(H,23,25,26). The number of nitrogens with one attached hydrogen (secondary N) is 2. The Morgan fingerprint density at radius 2 is 2.00 bits per heavy atom. The van der Waals surface area contributed by atoms with Gasteiger partial charge in [0.15, 0.2) is 0 Å². The average Bonchev–Trinajstić information content (AvgIpc) is 2.79. The fourth-order valence-corrected chi connectivity index (χ4v) is 2.97. The van der Waals surface area contributed by atoms with Crippen molar-refractivity contribution in [1.29, 1.82) is 0 Å². The van der Waals surface area contributed by atoms with Crippen LogP contribution in [0, 0.1) is 0 Å². The first-order valence-electron chi connectivity index (χ1n) is 9.40. The molecule has 156 valence electrons. The van der Waals surface area contributed by atoms with Crippen LogP contribution in [0.25, 0.3) is 0 Å². The molecular weight excluding hydrogens is 382 g/mol. The number of benzene rings is 1. The van der Waals surface area contributed by atoms with E-state index in [-0.39, 0.29) is 11.9 Å². The molecule has 0 radical (unpaired) electrons. The number of aromatic nitrogens is 2. The van der Waals surface area contributed by atoms with E-state index in [0.29, 0.717) is 29.7 Å². The fraction of sp³-hybridized carbons (Fsp3) is 0.227.